The van der Waals surface area contributed by atoms with Crippen LogP contribution in [0.25, 0.3) is 0 Å². The van der Waals surface area contributed by atoms with Gasteiger partial charge in [-0.1, -0.05) is 6.92 Å². The van der Waals surface area contributed by atoms with Crippen molar-refractivity contribution in [3.05, 3.63) is 29.6 Å². The lowest BCUT2D eigenvalue weighted by molar-refractivity contribution is 0.163. The van der Waals surface area contributed by atoms with Crippen LogP contribution in [0.5, 0.6) is 0 Å². The number of aliphatic hydroxyl groups is 1. The van der Waals surface area contributed by atoms with E-state index in [9.17, 15) is 5.11 Å². The average molecular weight is 149 g/mol. The van der Waals surface area contributed by atoms with Crippen LogP contribution in [0.1, 0.15) is 24.0 Å². The fourth-order valence-electron chi connectivity index (χ4n) is 1.64. The Kier molecular flexibility index (Phi) is 1.43. The fraction of sp³-hybridized carbons (Fsp3) is 0.444. The highest BCUT2D eigenvalue weighted by Gasteiger charge is 2.26. The highest BCUT2D eigenvalue weighted by Crippen LogP contribution is 2.31. The van der Waals surface area contributed by atoms with Gasteiger partial charge in [-0.3, -0.25) is 4.98 Å². The lowest BCUT2D eigenvalue weighted by Crippen LogP contribution is -2.09. The topological polar surface area (TPSA) is 33.1 Å². The van der Waals surface area contributed by atoms with Crippen molar-refractivity contribution in [2.75, 3.05) is 0 Å². The molecule has 0 fully saturated rings. The first-order valence-electron chi connectivity index (χ1n) is 3.90. The summed E-state index contributed by atoms with van der Waals surface area (Å²) in [6, 6.07) is 1.99. The molecule has 1 N–H and O–H groups in total. The molecule has 0 bridgehead atoms. The third-order valence-corrected chi connectivity index (χ3v) is 2.44. The highest BCUT2D eigenvalue weighted by molar-refractivity contribution is 5.33. The minimum atomic E-state index is -0.200. The lowest BCUT2D eigenvalue weighted by atomic mass is 10.1. The fourth-order valence-corrected chi connectivity index (χ4v) is 1.64. The quantitative estimate of drug-likeness (QED) is 0.599. The molecule has 2 heteroatoms. The Morgan fingerprint density at radius 3 is 3.18 bits per heavy atom. The molecule has 2 rings (SSSR count). The van der Waals surface area contributed by atoms with Crippen LogP contribution in [0.4, 0.5) is 0 Å². The van der Waals surface area contributed by atoms with E-state index in [2.05, 4.69) is 4.98 Å². The van der Waals surface area contributed by atoms with Gasteiger partial charge in [-0.05, 0) is 23.6 Å². The first-order chi connectivity index (χ1) is 5.29. The molecule has 58 valence electrons. The number of rotatable bonds is 0. The van der Waals surface area contributed by atoms with Crippen molar-refractivity contribution in [2.24, 2.45) is 0 Å². The van der Waals surface area contributed by atoms with Gasteiger partial charge in [-0.2, -0.15) is 0 Å². The first-order valence-corrected chi connectivity index (χ1v) is 3.90. The normalized spacial score (nSPS) is 28.5. The summed E-state index contributed by atoms with van der Waals surface area (Å²) in [5.41, 5.74) is 2.46. The van der Waals surface area contributed by atoms with E-state index in [0.717, 1.165) is 6.42 Å². The Hall–Kier alpha value is -0.890. The Labute approximate surface area is 65.9 Å². The van der Waals surface area contributed by atoms with E-state index >= 15 is 0 Å². The summed E-state index contributed by atoms with van der Waals surface area (Å²) in [5.74, 6) is 0.263. The average Bonchev–Trinajstić information content (AvgIpc) is 2.30. The molecule has 0 aromatic carbocycles. The van der Waals surface area contributed by atoms with Crippen LogP contribution in [0.2, 0.25) is 0 Å². The number of aliphatic hydroxyl groups excluding tert-OH is 1. The largest absolute Gasteiger partial charge is 0.392 e. The van der Waals surface area contributed by atoms with E-state index in [1.165, 1.54) is 11.1 Å². The van der Waals surface area contributed by atoms with Crippen LogP contribution >= 0.6 is 0 Å². The molecular weight excluding hydrogens is 138 g/mol. The van der Waals surface area contributed by atoms with Crippen molar-refractivity contribution in [2.45, 2.75) is 25.4 Å². The Balaban J connectivity index is 2.47. The van der Waals surface area contributed by atoms with Crippen LogP contribution in [0.15, 0.2) is 18.5 Å². The molecule has 0 unspecified atom stereocenters. The number of pyridine rings is 1. The SMILES string of the molecule is C[C@@H]1c2cnccc2C[C@H]1O. The number of hydrogen-bond donors (Lipinski definition) is 1. The van der Waals surface area contributed by atoms with Gasteiger partial charge in [0, 0.05) is 18.3 Å². The molecule has 1 aromatic heterocycles. The summed E-state index contributed by atoms with van der Waals surface area (Å²) in [7, 11) is 0. The van der Waals surface area contributed by atoms with E-state index < -0.39 is 0 Å². The second-order valence-corrected chi connectivity index (χ2v) is 3.13. The zero-order chi connectivity index (χ0) is 7.84. The number of hydrogen-bond acceptors (Lipinski definition) is 2. The number of fused-ring (bicyclic) bond motifs is 1. The third kappa shape index (κ3) is 0.942. The summed E-state index contributed by atoms with van der Waals surface area (Å²) in [6.07, 6.45) is 4.23. The van der Waals surface area contributed by atoms with Crippen LogP contribution in [0, 0.1) is 0 Å². The third-order valence-electron chi connectivity index (χ3n) is 2.44. The molecule has 2 atom stereocenters. The van der Waals surface area contributed by atoms with E-state index in [1.807, 2.05) is 19.2 Å². The van der Waals surface area contributed by atoms with E-state index in [-0.39, 0.29) is 12.0 Å². The van der Waals surface area contributed by atoms with Gasteiger partial charge in [0.2, 0.25) is 0 Å². The van der Waals surface area contributed by atoms with Crippen LogP contribution < -0.4 is 0 Å². The minimum absolute atomic E-state index is 0.200. The van der Waals surface area contributed by atoms with Gasteiger partial charge in [0.25, 0.3) is 0 Å². The van der Waals surface area contributed by atoms with Crippen molar-refractivity contribution in [1.82, 2.24) is 4.98 Å². The highest BCUT2D eigenvalue weighted by atomic mass is 16.3. The van der Waals surface area contributed by atoms with Gasteiger partial charge in [0.15, 0.2) is 0 Å². The van der Waals surface area contributed by atoms with Crippen LogP contribution in [0.3, 0.4) is 0 Å². The molecule has 0 spiro atoms. The monoisotopic (exact) mass is 149 g/mol. The van der Waals surface area contributed by atoms with Gasteiger partial charge in [0.1, 0.15) is 0 Å². The minimum Gasteiger partial charge on any atom is -0.392 e. The smallest absolute Gasteiger partial charge is 0.0647 e. The molecule has 1 aliphatic rings. The van der Waals surface area contributed by atoms with E-state index in [0.29, 0.717) is 0 Å². The summed E-state index contributed by atoms with van der Waals surface area (Å²) in [5, 5.41) is 9.49. The second-order valence-electron chi connectivity index (χ2n) is 3.13. The van der Waals surface area contributed by atoms with Crippen molar-refractivity contribution in [3.63, 3.8) is 0 Å². The molecule has 0 saturated carbocycles. The Morgan fingerprint density at radius 1 is 1.64 bits per heavy atom. The predicted molar refractivity (Wildman–Crippen MR) is 42.4 cm³/mol. The molecule has 0 aliphatic heterocycles. The molecule has 0 amide bonds. The Bertz CT molecular complexity index is 272. The van der Waals surface area contributed by atoms with Gasteiger partial charge in [-0.25, -0.2) is 0 Å². The number of nitrogens with zero attached hydrogens (tertiary/aromatic N) is 1. The van der Waals surface area contributed by atoms with Crippen molar-refractivity contribution >= 4 is 0 Å². The number of aromatic nitrogens is 1. The van der Waals surface area contributed by atoms with Gasteiger partial charge in [0.05, 0.1) is 6.10 Å². The standard InChI is InChI=1S/C9H11NO/c1-6-8-5-10-3-2-7(8)4-9(6)11/h2-3,5-6,9,11H,4H2,1H3/t6-,9-/m1/s1. The maximum absolute atomic E-state index is 9.49. The van der Waals surface area contributed by atoms with Gasteiger partial charge in [-0.15, -0.1) is 0 Å². The van der Waals surface area contributed by atoms with E-state index in [1.54, 1.807) is 6.20 Å². The molecular formula is C9H11NO. The summed E-state index contributed by atoms with van der Waals surface area (Å²) >= 11 is 0. The van der Waals surface area contributed by atoms with Crippen LogP contribution in [-0.4, -0.2) is 16.2 Å². The molecule has 0 saturated heterocycles. The van der Waals surface area contributed by atoms with Crippen LogP contribution in [-0.2, 0) is 6.42 Å². The van der Waals surface area contributed by atoms with Crippen molar-refractivity contribution in [1.29, 1.82) is 0 Å². The summed E-state index contributed by atoms with van der Waals surface area (Å²) in [6.45, 7) is 2.04. The second kappa shape index (κ2) is 2.31. The zero-order valence-corrected chi connectivity index (χ0v) is 6.49. The van der Waals surface area contributed by atoms with Crippen molar-refractivity contribution < 1.29 is 5.11 Å². The lowest BCUT2D eigenvalue weighted by Gasteiger charge is -2.06. The first kappa shape index (κ1) is 6.80. The molecule has 11 heavy (non-hydrogen) atoms. The molecule has 0 radical (unpaired) electrons. The van der Waals surface area contributed by atoms with Crippen molar-refractivity contribution in [3.8, 4) is 0 Å². The predicted octanol–water partition coefficient (Wildman–Crippen LogP) is 1.10. The zero-order valence-electron chi connectivity index (χ0n) is 6.49. The molecule has 1 heterocycles. The molecule has 1 aliphatic carbocycles. The molecule has 2 nitrogen and oxygen atoms in total. The maximum Gasteiger partial charge on any atom is 0.0647 e. The Morgan fingerprint density at radius 2 is 2.45 bits per heavy atom. The maximum atomic E-state index is 9.49. The molecule has 1 aromatic rings. The van der Waals surface area contributed by atoms with E-state index in [4.69, 9.17) is 0 Å². The summed E-state index contributed by atoms with van der Waals surface area (Å²) in [4.78, 5) is 4.03. The van der Waals surface area contributed by atoms with Gasteiger partial charge >= 0.3 is 0 Å². The van der Waals surface area contributed by atoms with Gasteiger partial charge < -0.3 is 5.11 Å². The summed E-state index contributed by atoms with van der Waals surface area (Å²) < 4.78 is 0.